The molecule has 0 spiro atoms. The molecule has 19 heavy (non-hydrogen) atoms. The standard InChI is InChI=1S/C15H20O4/c1-18-11-6-7-12(13(10-11)19-2)14(16)15(17)8-4-3-5-9-15/h6-7,10,17H,3-5,8-9H2,1-2H3. The molecule has 4 heteroatoms. The SMILES string of the molecule is COc1ccc(C(=O)C2(O)CCCCC2)c(OC)c1. The van der Waals surface area contributed by atoms with Crippen LogP contribution in [0.4, 0.5) is 0 Å². The van der Waals surface area contributed by atoms with Crippen LogP contribution in [0.25, 0.3) is 0 Å². The zero-order valence-electron chi connectivity index (χ0n) is 11.4. The molecule has 0 atom stereocenters. The Hall–Kier alpha value is -1.55. The van der Waals surface area contributed by atoms with Gasteiger partial charge in [0.25, 0.3) is 0 Å². The van der Waals surface area contributed by atoms with Crippen LogP contribution in [0.1, 0.15) is 42.5 Å². The number of ether oxygens (including phenoxy) is 2. The molecule has 0 amide bonds. The highest BCUT2D eigenvalue weighted by atomic mass is 16.5. The second-order valence-electron chi connectivity index (χ2n) is 4.99. The van der Waals surface area contributed by atoms with Crippen LogP contribution in [0.3, 0.4) is 0 Å². The van der Waals surface area contributed by atoms with Crippen molar-refractivity contribution in [1.82, 2.24) is 0 Å². The summed E-state index contributed by atoms with van der Waals surface area (Å²) < 4.78 is 10.3. The third-order valence-electron chi connectivity index (χ3n) is 3.76. The molecule has 0 bridgehead atoms. The Kier molecular flexibility index (Phi) is 4.10. The first-order chi connectivity index (χ1) is 9.10. The van der Waals surface area contributed by atoms with Gasteiger partial charge in [0.15, 0.2) is 5.78 Å². The number of methoxy groups -OCH3 is 2. The van der Waals surface area contributed by atoms with Crippen LogP contribution in [0.5, 0.6) is 11.5 Å². The van der Waals surface area contributed by atoms with Crippen LogP contribution in [0.15, 0.2) is 18.2 Å². The van der Waals surface area contributed by atoms with E-state index in [4.69, 9.17) is 9.47 Å². The summed E-state index contributed by atoms with van der Waals surface area (Å²) in [5, 5.41) is 10.5. The van der Waals surface area contributed by atoms with Gasteiger partial charge < -0.3 is 14.6 Å². The summed E-state index contributed by atoms with van der Waals surface area (Å²) in [6.45, 7) is 0. The number of rotatable bonds is 4. The van der Waals surface area contributed by atoms with E-state index in [-0.39, 0.29) is 5.78 Å². The van der Waals surface area contributed by atoms with Crippen molar-refractivity contribution in [3.63, 3.8) is 0 Å². The molecule has 1 fully saturated rings. The van der Waals surface area contributed by atoms with Crippen LogP contribution in [0.2, 0.25) is 0 Å². The number of benzene rings is 1. The average Bonchev–Trinajstić information content (AvgIpc) is 2.46. The van der Waals surface area contributed by atoms with Crippen molar-refractivity contribution in [3.05, 3.63) is 23.8 Å². The van der Waals surface area contributed by atoms with E-state index in [1.54, 1.807) is 25.3 Å². The van der Waals surface area contributed by atoms with Gasteiger partial charge in [0.2, 0.25) is 0 Å². The molecule has 1 aromatic carbocycles. The quantitative estimate of drug-likeness (QED) is 0.849. The highest BCUT2D eigenvalue weighted by Crippen LogP contribution is 2.34. The van der Waals surface area contributed by atoms with Gasteiger partial charge in [-0.2, -0.15) is 0 Å². The molecule has 1 aliphatic rings. The van der Waals surface area contributed by atoms with E-state index in [0.717, 1.165) is 19.3 Å². The summed E-state index contributed by atoms with van der Waals surface area (Å²) >= 11 is 0. The van der Waals surface area contributed by atoms with Crippen LogP contribution >= 0.6 is 0 Å². The zero-order valence-corrected chi connectivity index (χ0v) is 11.4. The number of aliphatic hydroxyl groups is 1. The molecule has 0 unspecified atom stereocenters. The maximum Gasteiger partial charge on any atom is 0.198 e. The molecular weight excluding hydrogens is 244 g/mol. The molecule has 0 saturated heterocycles. The molecule has 0 heterocycles. The Balaban J connectivity index is 2.32. The van der Waals surface area contributed by atoms with Gasteiger partial charge in [-0.1, -0.05) is 19.3 Å². The molecule has 1 aromatic rings. The summed E-state index contributed by atoms with van der Waals surface area (Å²) in [6.07, 6.45) is 3.92. The summed E-state index contributed by atoms with van der Waals surface area (Å²) in [4.78, 5) is 12.5. The summed E-state index contributed by atoms with van der Waals surface area (Å²) in [5.41, 5.74) is -0.812. The van der Waals surface area contributed by atoms with Crippen LogP contribution < -0.4 is 9.47 Å². The number of hydrogen-bond donors (Lipinski definition) is 1. The Labute approximate surface area is 113 Å². The van der Waals surface area contributed by atoms with E-state index >= 15 is 0 Å². The Morgan fingerprint density at radius 1 is 1.16 bits per heavy atom. The van der Waals surface area contributed by atoms with Gasteiger partial charge in [-0.15, -0.1) is 0 Å². The summed E-state index contributed by atoms with van der Waals surface area (Å²) in [5.74, 6) is 0.832. The number of carbonyl (C=O) groups is 1. The van der Waals surface area contributed by atoms with Crippen molar-refractivity contribution in [2.24, 2.45) is 0 Å². The van der Waals surface area contributed by atoms with E-state index < -0.39 is 5.60 Å². The molecule has 0 radical (unpaired) electrons. The average molecular weight is 264 g/mol. The highest BCUT2D eigenvalue weighted by Gasteiger charge is 2.38. The van der Waals surface area contributed by atoms with E-state index in [1.807, 2.05) is 0 Å². The topological polar surface area (TPSA) is 55.8 Å². The molecule has 104 valence electrons. The molecule has 1 saturated carbocycles. The monoisotopic (exact) mass is 264 g/mol. The summed E-state index contributed by atoms with van der Waals surface area (Å²) in [6, 6.07) is 5.04. The van der Waals surface area contributed by atoms with Gasteiger partial charge in [-0.25, -0.2) is 0 Å². The van der Waals surface area contributed by atoms with Gasteiger partial charge in [-0.05, 0) is 25.0 Å². The van der Waals surface area contributed by atoms with E-state index in [1.165, 1.54) is 7.11 Å². The molecular formula is C15H20O4. The maximum atomic E-state index is 12.5. The fraction of sp³-hybridized carbons (Fsp3) is 0.533. The lowest BCUT2D eigenvalue weighted by atomic mass is 9.79. The second-order valence-corrected chi connectivity index (χ2v) is 4.99. The molecule has 1 N–H and O–H groups in total. The minimum Gasteiger partial charge on any atom is -0.497 e. The highest BCUT2D eigenvalue weighted by molar-refractivity contribution is 6.04. The first kappa shape index (κ1) is 13.9. The first-order valence-electron chi connectivity index (χ1n) is 6.60. The molecule has 0 aromatic heterocycles. The third kappa shape index (κ3) is 2.73. The van der Waals surface area contributed by atoms with Gasteiger partial charge in [0.05, 0.1) is 19.8 Å². The van der Waals surface area contributed by atoms with Gasteiger partial charge in [0, 0.05) is 6.07 Å². The molecule has 1 aliphatic carbocycles. The van der Waals surface area contributed by atoms with Crippen molar-refractivity contribution in [3.8, 4) is 11.5 Å². The largest absolute Gasteiger partial charge is 0.497 e. The van der Waals surface area contributed by atoms with Crippen molar-refractivity contribution in [2.45, 2.75) is 37.7 Å². The van der Waals surface area contributed by atoms with Crippen molar-refractivity contribution in [1.29, 1.82) is 0 Å². The predicted octanol–water partition coefficient (Wildman–Crippen LogP) is 2.58. The van der Waals surface area contributed by atoms with Crippen LogP contribution in [-0.4, -0.2) is 30.7 Å². The second kappa shape index (κ2) is 5.61. The Morgan fingerprint density at radius 3 is 2.42 bits per heavy atom. The number of hydrogen-bond acceptors (Lipinski definition) is 4. The molecule has 0 aliphatic heterocycles. The van der Waals surface area contributed by atoms with Crippen LogP contribution in [-0.2, 0) is 0 Å². The normalized spacial score (nSPS) is 17.8. The van der Waals surface area contributed by atoms with E-state index in [2.05, 4.69) is 0 Å². The Bertz CT molecular complexity index is 461. The number of Topliss-reactive ketones (excluding diaryl/α,β-unsaturated/α-hetero) is 1. The Morgan fingerprint density at radius 2 is 1.84 bits per heavy atom. The smallest absolute Gasteiger partial charge is 0.198 e. The van der Waals surface area contributed by atoms with Crippen LogP contribution in [0, 0.1) is 0 Å². The molecule has 4 nitrogen and oxygen atoms in total. The van der Waals surface area contributed by atoms with E-state index in [0.29, 0.717) is 29.9 Å². The summed E-state index contributed by atoms with van der Waals surface area (Å²) in [7, 11) is 3.07. The lowest BCUT2D eigenvalue weighted by Gasteiger charge is -2.30. The minimum atomic E-state index is -1.24. The molecule has 2 rings (SSSR count). The fourth-order valence-corrected chi connectivity index (χ4v) is 2.60. The maximum absolute atomic E-state index is 12.5. The van der Waals surface area contributed by atoms with E-state index in [9.17, 15) is 9.90 Å². The number of carbonyl (C=O) groups excluding carboxylic acids is 1. The van der Waals surface area contributed by atoms with Crippen molar-refractivity contribution in [2.75, 3.05) is 14.2 Å². The lowest BCUT2D eigenvalue weighted by molar-refractivity contribution is 0.0114. The minimum absolute atomic E-state index is 0.244. The third-order valence-corrected chi connectivity index (χ3v) is 3.76. The number of ketones is 1. The lowest BCUT2D eigenvalue weighted by Crippen LogP contribution is -2.40. The van der Waals surface area contributed by atoms with Gasteiger partial charge in [0.1, 0.15) is 17.1 Å². The van der Waals surface area contributed by atoms with Crippen molar-refractivity contribution >= 4 is 5.78 Å². The fourth-order valence-electron chi connectivity index (χ4n) is 2.60. The van der Waals surface area contributed by atoms with Gasteiger partial charge >= 0.3 is 0 Å². The van der Waals surface area contributed by atoms with Gasteiger partial charge in [-0.3, -0.25) is 4.79 Å². The predicted molar refractivity (Wildman–Crippen MR) is 71.9 cm³/mol. The first-order valence-corrected chi connectivity index (χ1v) is 6.60. The zero-order chi connectivity index (χ0) is 13.9. The van der Waals surface area contributed by atoms with Crippen molar-refractivity contribution < 1.29 is 19.4 Å².